The summed E-state index contributed by atoms with van der Waals surface area (Å²) in [5.41, 5.74) is 1.96. The molecule has 0 aliphatic heterocycles. The molecule has 0 aliphatic carbocycles. The quantitative estimate of drug-likeness (QED) is 0.0201. The van der Waals surface area contributed by atoms with Gasteiger partial charge in [-0.05, 0) is 53.8 Å². The summed E-state index contributed by atoms with van der Waals surface area (Å²) >= 11 is 0. The van der Waals surface area contributed by atoms with E-state index < -0.39 is 17.4 Å². The Balaban J connectivity index is 1.43. The smallest absolute Gasteiger partial charge is 0.311 e. The predicted molar refractivity (Wildman–Crippen MR) is 278 cm³/mol. The summed E-state index contributed by atoms with van der Waals surface area (Å²) in [6, 6.07) is 30.2. The average Bonchev–Trinajstić information content (AvgIpc) is 3.34. The second-order valence-corrected chi connectivity index (χ2v) is 19.2. The number of hydrogen-bond donors (Lipinski definition) is 2. The summed E-state index contributed by atoms with van der Waals surface area (Å²) in [6.45, 7) is 4.54. The van der Waals surface area contributed by atoms with E-state index in [-0.39, 0.29) is 35.8 Å². The van der Waals surface area contributed by atoms with Gasteiger partial charge in [-0.15, -0.1) is 0 Å². The lowest BCUT2D eigenvalue weighted by molar-refractivity contribution is -0.137. The number of carbonyl (C=O) groups is 2. The van der Waals surface area contributed by atoms with E-state index in [0.29, 0.717) is 18.4 Å². The summed E-state index contributed by atoms with van der Waals surface area (Å²) in [5.74, 6) is -1.20. The van der Waals surface area contributed by atoms with Gasteiger partial charge in [0.05, 0.1) is 5.41 Å². The van der Waals surface area contributed by atoms with Crippen LogP contribution in [0.25, 0.3) is 0 Å². The molecule has 0 radical (unpaired) electrons. The number of aromatic hydroxyl groups is 2. The molecule has 0 spiro atoms. The average molecular weight is 917 g/mol. The monoisotopic (exact) mass is 917 g/mol. The van der Waals surface area contributed by atoms with Gasteiger partial charge >= 0.3 is 11.9 Å². The molecule has 4 aromatic carbocycles. The SMILES string of the molecule is CCCCCCCCCCCCCCCCCC(=O)Oc1c(O)ccc(C(c2ccccc2)(c2ccccc2)c2ccc(O)cc2)c1OC(=O)CCCCCCCCCCCCCCCCC. The number of phenols is 2. The van der Waals surface area contributed by atoms with E-state index in [1.54, 1.807) is 18.2 Å². The van der Waals surface area contributed by atoms with Crippen LogP contribution in [0.4, 0.5) is 0 Å². The first kappa shape index (κ1) is 55.0. The van der Waals surface area contributed by atoms with Gasteiger partial charge in [0.25, 0.3) is 0 Å². The van der Waals surface area contributed by atoms with Crippen molar-refractivity contribution in [3.05, 3.63) is 119 Å². The molecule has 0 heterocycles. The van der Waals surface area contributed by atoms with Gasteiger partial charge in [-0.25, -0.2) is 0 Å². The van der Waals surface area contributed by atoms with E-state index in [2.05, 4.69) is 13.8 Å². The lowest BCUT2D eigenvalue weighted by atomic mass is 9.64. The van der Waals surface area contributed by atoms with Crippen molar-refractivity contribution < 1.29 is 29.3 Å². The van der Waals surface area contributed by atoms with E-state index in [1.165, 1.54) is 147 Å². The van der Waals surface area contributed by atoms with Crippen LogP contribution >= 0.6 is 0 Å². The number of ether oxygens (including phenoxy) is 2. The molecular weight excluding hydrogens is 829 g/mol. The molecule has 0 atom stereocenters. The Hall–Kier alpha value is -4.58. The predicted octanol–water partition coefficient (Wildman–Crippen LogP) is 17.8. The van der Waals surface area contributed by atoms with Crippen LogP contribution in [0.1, 0.15) is 242 Å². The van der Waals surface area contributed by atoms with Gasteiger partial charge in [-0.1, -0.05) is 266 Å². The second-order valence-electron chi connectivity index (χ2n) is 19.2. The van der Waals surface area contributed by atoms with Crippen LogP contribution in [0.5, 0.6) is 23.0 Å². The fourth-order valence-corrected chi connectivity index (χ4v) is 9.71. The van der Waals surface area contributed by atoms with Crippen LogP contribution in [0.2, 0.25) is 0 Å². The first-order chi connectivity index (χ1) is 32.9. The van der Waals surface area contributed by atoms with Gasteiger partial charge in [0.15, 0.2) is 11.5 Å². The Morgan fingerprint density at radius 2 is 0.687 bits per heavy atom. The van der Waals surface area contributed by atoms with Gasteiger partial charge in [-0.3, -0.25) is 9.59 Å². The number of rotatable bonds is 38. The molecule has 6 heteroatoms. The minimum atomic E-state index is -1.11. The zero-order chi connectivity index (χ0) is 47.6. The Morgan fingerprint density at radius 1 is 0.373 bits per heavy atom. The van der Waals surface area contributed by atoms with E-state index in [9.17, 15) is 19.8 Å². The highest BCUT2D eigenvalue weighted by atomic mass is 16.6. The van der Waals surface area contributed by atoms with Crippen molar-refractivity contribution in [2.75, 3.05) is 0 Å². The number of unbranched alkanes of at least 4 members (excludes halogenated alkanes) is 28. The Kier molecular flexibility index (Phi) is 27.8. The molecule has 0 saturated carbocycles. The van der Waals surface area contributed by atoms with Crippen LogP contribution in [-0.4, -0.2) is 22.2 Å². The molecule has 4 rings (SSSR count). The van der Waals surface area contributed by atoms with Gasteiger partial charge in [-0.2, -0.15) is 0 Å². The molecule has 4 aromatic rings. The molecule has 2 N–H and O–H groups in total. The Bertz CT molecular complexity index is 1850. The first-order valence-corrected chi connectivity index (χ1v) is 27.1. The van der Waals surface area contributed by atoms with E-state index >= 15 is 0 Å². The van der Waals surface area contributed by atoms with Gasteiger partial charge in [0.1, 0.15) is 5.75 Å². The summed E-state index contributed by atoms with van der Waals surface area (Å²) in [4.78, 5) is 27.7. The van der Waals surface area contributed by atoms with E-state index in [0.717, 1.165) is 55.2 Å². The van der Waals surface area contributed by atoms with Crippen molar-refractivity contribution in [3.63, 3.8) is 0 Å². The molecule has 0 bridgehead atoms. The number of carbonyl (C=O) groups excluding carboxylic acids is 2. The molecule has 368 valence electrons. The number of esters is 2. The summed E-state index contributed by atoms with van der Waals surface area (Å²) in [5, 5.41) is 22.0. The Morgan fingerprint density at radius 3 is 1.04 bits per heavy atom. The van der Waals surface area contributed by atoms with Gasteiger partial charge in [0.2, 0.25) is 5.75 Å². The van der Waals surface area contributed by atoms with Crippen LogP contribution in [0.3, 0.4) is 0 Å². The fraction of sp³-hybridized carbons (Fsp3) is 0.574. The van der Waals surface area contributed by atoms with Crippen molar-refractivity contribution in [1.82, 2.24) is 0 Å². The highest BCUT2D eigenvalue weighted by Gasteiger charge is 2.43. The fourth-order valence-electron chi connectivity index (χ4n) is 9.71. The zero-order valence-electron chi connectivity index (χ0n) is 41.9. The van der Waals surface area contributed by atoms with E-state index in [4.69, 9.17) is 9.47 Å². The van der Waals surface area contributed by atoms with Crippen molar-refractivity contribution >= 4 is 11.9 Å². The molecule has 6 nitrogen and oxygen atoms in total. The molecule has 0 aromatic heterocycles. The highest BCUT2D eigenvalue weighted by Crippen LogP contribution is 2.53. The van der Waals surface area contributed by atoms with Crippen molar-refractivity contribution in [2.24, 2.45) is 0 Å². The maximum atomic E-state index is 14.0. The topological polar surface area (TPSA) is 93.1 Å². The maximum absolute atomic E-state index is 14.0. The first-order valence-electron chi connectivity index (χ1n) is 27.1. The highest BCUT2D eigenvalue weighted by molar-refractivity contribution is 5.80. The molecule has 0 saturated heterocycles. The Labute approximate surface area is 406 Å². The summed E-state index contributed by atoms with van der Waals surface area (Å²) in [6.07, 6.45) is 37.3. The number of phenolic OH excluding ortho intramolecular Hbond substituents is 2. The maximum Gasteiger partial charge on any atom is 0.311 e. The van der Waals surface area contributed by atoms with Crippen LogP contribution in [-0.2, 0) is 15.0 Å². The van der Waals surface area contributed by atoms with Crippen molar-refractivity contribution in [1.29, 1.82) is 0 Å². The molecule has 67 heavy (non-hydrogen) atoms. The molecule has 0 amide bonds. The summed E-state index contributed by atoms with van der Waals surface area (Å²) in [7, 11) is 0. The van der Waals surface area contributed by atoms with Crippen LogP contribution in [0, 0.1) is 0 Å². The zero-order valence-corrected chi connectivity index (χ0v) is 41.9. The minimum Gasteiger partial charge on any atom is -0.508 e. The van der Waals surface area contributed by atoms with Crippen LogP contribution < -0.4 is 9.47 Å². The lowest BCUT2D eigenvalue weighted by Crippen LogP contribution is -2.32. The van der Waals surface area contributed by atoms with Gasteiger partial charge in [0, 0.05) is 18.4 Å². The van der Waals surface area contributed by atoms with E-state index in [1.807, 2.05) is 72.8 Å². The molecule has 0 fully saturated rings. The van der Waals surface area contributed by atoms with Gasteiger partial charge < -0.3 is 19.7 Å². The standard InChI is InChI=1S/C61H88O6/c1-3-5-7-9-11-13-15-17-19-21-23-25-27-29-37-43-57(64)66-59-55(61(51-39-33-31-34-40-51,52-41-35-32-36-42-52)53-45-47-54(62)48-46-53)49-50-56(63)60(59)67-58(65)44-38-30-28-26-24-22-20-18-16-14-12-10-8-6-4-2/h31-36,39-42,45-50,62-63H,3-30,37-38,43-44H2,1-2H3. The largest absolute Gasteiger partial charge is 0.508 e. The third-order valence-corrected chi connectivity index (χ3v) is 13.6. The molecular formula is C61H88O6. The number of benzene rings is 4. The second kappa shape index (κ2) is 33.8. The molecule has 0 aliphatic rings. The number of hydrogen-bond acceptors (Lipinski definition) is 6. The normalized spacial score (nSPS) is 11.5. The third kappa shape index (κ3) is 19.9. The van der Waals surface area contributed by atoms with Crippen molar-refractivity contribution in [2.45, 2.75) is 225 Å². The van der Waals surface area contributed by atoms with Crippen molar-refractivity contribution in [3.8, 4) is 23.0 Å². The third-order valence-electron chi connectivity index (χ3n) is 13.6. The summed E-state index contributed by atoms with van der Waals surface area (Å²) < 4.78 is 12.5. The van der Waals surface area contributed by atoms with Crippen LogP contribution in [0.15, 0.2) is 97.1 Å². The minimum absolute atomic E-state index is 0.0246. The lowest BCUT2D eigenvalue weighted by Gasteiger charge is -2.38. The molecule has 0 unspecified atom stereocenters.